The van der Waals surface area contributed by atoms with Crippen LogP contribution in [-0.2, 0) is 21.0 Å². The Morgan fingerprint density at radius 2 is 2.19 bits per heavy atom. The Hall–Kier alpha value is -2.54. The van der Waals surface area contributed by atoms with E-state index >= 15 is 0 Å². The van der Waals surface area contributed by atoms with Crippen molar-refractivity contribution in [3.63, 3.8) is 0 Å². The van der Waals surface area contributed by atoms with Gasteiger partial charge in [0.2, 0.25) is 5.88 Å². The lowest BCUT2D eigenvalue weighted by molar-refractivity contribution is 0.263. The molecule has 1 aromatic heterocycles. The van der Waals surface area contributed by atoms with E-state index in [4.69, 9.17) is 14.3 Å². The van der Waals surface area contributed by atoms with Crippen molar-refractivity contribution in [1.29, 1.82) is 4.78 Å². The average molecular weight is 385 g/mol. The van der Waals surface area contributed by atoms with Crippen LogP contribution in [0.1, 0.15) is 24.0 Å². The molecule has 0 saturated heterocycles. The zero-order valence-corrected chi connectivity index (χ0v) is 16.4. The summed E-state index contributed by atoms with van der Waals surface area (Å²) in [6.45, 7) is 1.12. The first-order valence-electron chi connectivity index (χ1n) is 9.02. The van der Waals surface area contributed by atoms with Gasteiger partial charge in [0.25, 0.3) is 0 Å². The monoisotopic (exact) mass is 384 g/mol. The molecule has 1 aliphatic carbocycles. The number of fused-ring (bicyclic) bond motifs is 1. The molecule has 1 aliphatic heterocycles. The van der Waals surface area contributed by atoms with E-state index in [0.29, 0.717) is 24.3 Å². The Kier molecular flexibility index (Phi) is 4.78. The summed E-state index contributed by atoms with van der Waals surface area (Å²) in [7, 11) is 1.58. The number of benzene rings is 1. The van der Waals surface area contributed by atoms with Crippen LogP contribution in [0.5, 0.6) is 5.88 Å². The highest BCUT2D eigenvalue weighted by Gasteiger charge is 2.31. The Morgan fingerprint density at radius 3 is 2.93 bits per heavy atom. The molecule has 1 fully saturated rings. The number of aromatic nitrogens is 1. The first-order chi connectivity index (χ1) is 13.2. The molecule has 6 nitrogen and oxygen atoms in total. The molecule has 1 saturated carbocycles. The lowest BCUT2D eigenvalue weighted by Crippen LogP contribution is -2.12. The van der Waals surface area contributed by atoms with Crippen LogP contribution in [0.3, 0.4) is 0 Å². The molecule has 2 heterocycles. The second-order valence-electron chi connectivity index (χ2n) is 6.64. The van der Waals surface area contributed by atoms with E-state index in [-0.39, 0.29) is 0 Å². The van der Waals surface area contributed by atoms with Gasteiger partial charge in [-0.2, -0.15) is 0 Å². The predicted octanol–water partition coefficient (Wildman–Crippen LogP) is 4.32. The van der Waals surface area contributed by atoms with E-state index in [1.165, 1.54) is 0 Å². The minimum atomic E-state index is -1.81. The van der Waals surface area contributed by atoms with Gasteiger partial charge in [0.1, 0.15) is 18.1 Å². The molecule has 0 amide bonds. The number of methoxy groups -OCH3 is 1. The molecule has 0 spiro atoms. The predicted molar refractivity (Wildman–Crippen MR) is 108 cm³/mol. The van der Waals surface area contributed by atoms with Crippen LogP contribution >= 0.6 is 0 Å². The number of anilines is 1. The molecule has 1 aromatic carbocycles. The maximum Gasteiger partial charge on any atom is 0.237 e. The van der Waals surface area contributed by atoms with Crippen LogP contribution < -0.4 is 10.1 Å². The normalized spacial score (nSPS) is 17.8. The van der Waals surface area contributed by atoms with Crippen LogP contribution in [0, 0.1) is 4.78 Å². The van der Waals surface area contributed by atoms with Crippen molar-refractivity contribution in [2.24, 2.45) is 4.36 Å². The summed E-state index contributed by atoms with van der Waals surface area (Å²) in [6.07, 6.45) is 5.97. The first-order valence-corrected chi connectivity index (χ1v) is 10.7. The van der Waals surface area contributed by atoms with E-state index in [9.17, 15) is 0 Å². The standard InChI is InChI=1S/C20H24N4O2S/c1-22-27(21,15-6-7-15)16-5-3-4-14(12-16)13-26-18-9-11-23-19-17(18)8-10-24-20(19)25-2/h3-5,8-10,12,15,21,23H,6-7,11,13H2,1-2H3. The lowest BCUT2D eigenvalue weighted by Gasteiger charge is -2.21. The maximum absolute atomic E-state index is 8.83. The van der Waals surface area contributed by atoms with Gasteiger partial charge in [-0.1, -0.05) is 12.1 Å². The number of rotatable bonds is 6. The van der Waals surface area contributed by atoms with Gasteiger partial charge in [0, 0.05) is 35.5 Å². The van der Waals surface area contributed by atoms with Gasteiger partial charge < -0.3 is 14.8 Å². The number of nitrogens with zero attached hydrogens (tertiary/aromatic N) is 2. The van der Waals surface area contributed by atoms with Gasteiger partial charge in [-0.15, -0.1) is 0 Å². The Bertz CT molecular complexity index is 1000. The summed E-state index contributed by atoms with van der Waals surface area (Å²) in [5.41, 5.74) is 2.87. The summed E-state index contributed by atoms with van der Waals surface area (Å²) >= 11 is 0. The third kappa shape index (κ3) is 3.39. The molecule has 142 valence electrons. The van der Waals surface area contributed by atoms with Crippen molar-refractivity contribution in [3.05, 3.63) is 53.7 Å². The largest absolute Gasteiger partial charge is 0.488 e. The zero-order chi connectivity index (χ0) is 18.9. The van der Waals surface area contributed by atoms with Crippen molar-refractivity contribution in [1.82, 2.24) is 4.98 Å². The fraction of sp³-hybridized carbons (Fsp3) is 0.350. The number of hydrogen-bond donors (Lipinski definition) is 2. The van der Waals surface area contributed by atoms with Gasteiger partial charge in [-0.25, -0.2) is 4.98 Å². The molecular formula is C20H24N4O2S. The van der Waals surface area contributed by atoms with Gasteiger partial charge >= 0.3 is 0 Å². The summed E-state index contributed by atoms with van der Waals surface area (Å²) in [6, 6.07) is 10.1. The number of hydrogen-bond acceptors (Lipinski definition) is 6. The molecule has 1 atom stereocenters. The highest BCUT2D eigenvalue weighted by molar-refractivity contribution is 7.95. The van der Waals surface area contributed by atoms with Gasteiger partial charge in [0.15, 0.2) is 0 Å². The number of ether oxygens (including phenoxy) is 2. The highest BCUT2D eigenvalue weighted by Crippen LogP contribution is 2.37. The number of nitrogens with one attached hydrogen (secondary N) is 2. The lowest BCUT2D eigenvalue weighted by atomic mass is 10.1. The van der Waals surface area contributed by atoms with Crippen molar-refractivity contribution in [2.75, 3.05) is 26.0 Å². The second-order valence-corrected chi connectivity index (χ2v) is 9.39. The maximum atomic E-state index is 8.83. The third-order valence-corrected chi connectivity index (χ3v) is 7.87. The van der Waals surface area contributed by atoms with E-state index in [2.05, 4.69) is 20.7 Å². The van der Waals surface area contributed by atoms with Crippen LogP contribution in [0.4, 0.5) is 5.69 Å². The van der Waals surface area contributed by atoms with Crippen molar-refractivity contribution >= 4 is 21.1 Å². The molecule has 4 rings (SSSR count). The van der Waals surface area contributed by atoms with Crippen molar-refractivity contribution in [2.45, 2.75) is 29.6 Å². The van der Waals surface area contributed by atoms with Crippen LogP contribution in [-0.4, -0.2) is 30.9 Å². The molecule has 2 aromatic rings. The SMILES string of the molecule is CN=S(=N)(c1cccc(COC2=CCNc3c2ccnc3OC)c1)C1CC1. The minimum absolute atomic E-state index is 0.414. The molecule has 0 bridgehead atoms. The van der Waals surface area contributed by atoms with Crippen molar-refractivity contribution in [3.8, 4) is 5.88 Å². The summed E-state index contributed by atoms with van der Waals surface area (Å²) in [5.74, 6) is 1.39. The van der Waals surface area contributed by atoms with Crippen molar-refractivity contribution < 1.29 is 9.47 Å². The van der Waals surface area contributed by atoms with E-state index < -0.39 is 9.62 Å². The molecule has 2 N–H and O–H groups in total. The quantitative estimate of drug-likeness (QED) is 0.777. The van der Waals surface area contributed by atoms with Gasteiger partial charge in [-0.05, 0) is 52.3 Å². The molecule has 1 unspecified atom stereocenters. The molecule has 7 heteroatoms. The average Bonchev–Trinajstić information content (AvgIpc) is 3.57. The van der Waals surface area contributed by atoms with E-state index in [1.807, 2.05) is 30.3 Å². The topological polar surface area (TPSA) is 79.6 Å². The Balaban J connectivity index is 1.55. The van der Waals surface area contributed by atoms with Crippen LogP contribution in [0.2, 0.25) is 0 Å². The molecule has 2 aliphatic rings. The van der Waals surface area contributed by atoms with Crippen LogP contribution in [0.25, 0.3) is 5.76 Å². The third-order valence-electron chi connectivity index (χ3n) is 4.89. The first kappa shape index (κ1) is 17.9. The van der Waals surface area contributed by atoms with E-state index in [0.717, 1.165) is 40.3 Å². The summed E-state index contributed by atoms with van der Waals surface area (Å²) < 4.78 is 24.8. The number of pyridine rings is 1. The zero-order valence-electron chi connectivity index (χ0n) is 15.6. The fourth-order valence-electron chi connectivity index (χ4n) is 3.31. The van der Waals surface area contributed by atoms with Gasteiger partial charge in [0.05, 0.1) is 7.11 Å². The highest BCUT2D eigenvalue weighted by atomic mass is 32.2. The summed E-state index contributed by atoms with van der Waals surface area (Å²) in [5, 5.41) is 3.70. The molecule has 27 heavy (non-hydrogen) atoms. The minimum Gasteiger partial charge on any atom is -0.488 e. The van der Waals surface area contributed by atoms with E-state index in [1.54, 1.807) is 20.4 Å². The second kappa shape index (κ2) is 7.23. The van der Waals surface area contributed by atoms with Crippen LogP contribution in [0.15, 0.2) is 51.9 Å². The molecular weight excluding hydrogens is 360 g/mol. The fourth-order valence-corrected chi connectivity index (χ4v) is 5.64. The smallest absolute Gasteiger partial charge is 0.237 e. The van der Waals surface area contributed by atoms with Gasteiger partial charge in [-0.3, -0.25) is 9.14 Å². The summed E-state index contributed by atoms with van der Waals surface area (Å²) in [4.78, 5) is 5.26. The molecule has 0 radical (unpaired) electrons. The Morgan fingerprint density at radius 1 is 1.33 bits per heavy atom. The Labute approximate surface area is 160 Å².